The third kappa shape index (κ3) is 4.48. The number of benzene rings is 1. The lowest BCUT2D eigenvalue weighted by Gasteiger charge is -2.21. The average Bonchev–Trinajstić information content (AvgIpc) is 2.32. The number of carbonyl (C=O) groups is 1. The monoisotopic (exact) mass is 224 g/mol. The second kappa shape index (κ2) is 7.47. The van der Waals surface area contributed by atoms with Gasteiger partial charge in [-0.1, -0.05) is 49.6 Å². The van der Waals surface area contributed by atoms with Gasteiger partial charge in [0.15, 0.2) is 0 Å². The molecule has 0 N–H and O–H groups in total. The molecule has 1 fully saturated rings. The molecule has 1 aliphatic carbocycles. The normalized spacial score (nSPS) is 16.3. The van der Waals surface area contributed by atoms with Gasteiger partial charge in [-0.15, -0.1) is 0 Å². The first-order valence-electron chi connectivity index (χ1n) is 5.47. The highest BCUT2D eigenvalue weighted by Crippen LogP contribution is 2.31. The molecule has 1 nitrogen and oxygen atoms in total. The maximum absolute atomic E-state index is 8.57. The van der Waals surface area contributed by atoms with E-state index >= 15 is 0 Å². The molecule has 0 atom stereocenters. The van der Waals surface area contributed by atoms with Crippen molar-refractivity contribution in [2.45, 2.75) is 38.0 Å². The van der Waals surface area contributed by atoms with Crippen LogP contribution in [0.25, 0.3) is 0 Å². The smallest absolute Gasteiger partial charge is 0.208 e. The number of hydrogen-bond acceptors (Lipinski definition) is 1. The van der Waals surface area contributed by atoms with Crippen molar-refractivity contribution in [3.8, 4) is 0 Å². The van der Waals surface area contributed by atoms with E-state index in [2.05, 4.69) is 41.9 Å². The van der Waals surface area contributed by atoms with E-state index in [0.717, 1.165) is 5.92 Å². The van der Waals surface area contributed by atoms with E-state index in [1.54, 1.807) is 5.56 Å². The fraction of sp³-hybridized carbons (Fsp3) is 0.462. The fourth-order valence-electron chi connectivity index (χ4n) is 2.16. The molecule has 0 heterocycles. The van der Waals surface area contributed by atoms with Crippen LogP contribution in [0.15, 0.2) is 30.3 Å². The molecule has 0 bridgehead atoms. The first-order valence-corrected chi connectivity index (χ1v) is 5.91. The van der Waals surface area contributed by atoms with Gasteiger partial charge in [-0.25, -0.2) is 0 Å². The van der Waals surface area contributed by atoms with Gasteiger partial charge in [0.2, 0.25) is 5.75 Å². The van der Waals surface area contributed by atoms with Gasteiger partial charge in [-0.2, -0.15) is 0 Å². The number of rotatable bonds is 1. The van der Waals surface area contributed by atoms with Gasteiger partial charge in [0, 0.05) is 0 Å². The molecule has 0 unspecified atom stereocenters. The quantitative estimate of drug-likeness (QED) is 0.517. The van der Waals surface area contributed by atoms with Crippen LogP contribution < -0.4 is 0 Å². The van der Waals surface area contributed by atoms with Crippen LogP contribution in [0.4, 0.5) is 0 Å². The van der Waals surface area contributed by atoms with E-state index in [0.29, 0.717) is 0 Å². The Kier molecular flexibility index (Phi) is 6.10. The summed E-state index contributed by atoms with van der Waals surface area (Å²) in [6.07, 6.45) is 7.12. The minimum absolute atomic E-state index is 0.222. The lowest BCUT2D eigenvalue weighted by molar-refractivity contribution is 0.443. The predicted molar refractivity (Wildman–Crippen MR) is 64.9 cm³/mol. The summed E-state index contributed by atoms with van der Waals surface area (Å²) in [6.45, 7) is 0. The largest absolute Gasteiger partial charge is 0.285 e. The van der Waals surface area contributed by atoms with Gasteiger partial charge in [0.1, 0.15) is 0 Å². The Balaban J connectivity index is 0.000000337. The lowest BCUT2D eigenvalue weighted by Crippen LogP contribution is -2.03. The third-order valence-electron chi connectivity index (χ3n) is 2.88. The first-order chi connectivity index (χ1) is 7.38. The van der Waals surface area contributed by atoms with E-state index in [9.17, 15) is 0 Å². The Bertz CT molecular complexity index is 265. The zero-order chi connectivity index (χ0) is 10.9. The molecule has 1 saturated carbocycles. The van der Waals surface area contributed by atoms with Crippen molar-refractivity contribution >= 4 is 17.3 Å². The summed E-state index contributed by atoms with van der Waals surface area (Å²) in [5, 5.41) is 0. The van der Waals surface area contributed by atoms with Crippen LogP contribution in [-0.2, 0) is 4.79 Å². The Labute approximate surface area is 96.5 Å². The predicted octanol–water partition coefficient (Wildman–Crippen LogP) is 4.15. The molecule has 2 heteroatoms. The molecule has 1 aliphatic rings. The Morgan fingerprint density at radius 1 is 1.07 bits per heavy atom. The summed E-state index contributed by atoms with van der Waals surface area (Å²) in [6, 6.07) is 11.0. The lowest BCUT2D eigenvalue weighted by atomic mass is 9.84. The number of hydrogen-bond donors (Lipinski definition) is 0. The van der Waals surface area contributed by atoms with Gasteiger partial charge in [-0.3, -0.25) is 4.79 Å². The summed E-state index contributed by atoms with van der Waals surface area (Å²) >= 11 is 4.32. The minimum atomic E-state index is 0.222. The molecular formula is C13H17ClO. The SMILES string of the molecule is O=CCl.c1ccc(C2CCCCC2)cc1. The Hall–Kier alpha value is -0.820. The third-order valence-corrected chi connectivity index (χ3v) is 2.88. The molecule has 0 amide bonds. The molecule has 1 aromatic rings. The van der Waals surface area contributed by atoms with Crippen molar-refractivity contribution in [1.82, 2.24) is 0 Å². The fourth-order valence-corrected chi connectivity index (χ4v) is 2.16. The molecule has 1 aromatic carbocycles. The van der Waals surface area contributed by atoms with Crippen LogP contribution in [-0.4, -0.2) is 5.75 Å². The highest BCUT2D eigenvalue weighted by Gasteiger charge is 2.14. The van der Waals surface area contributed by atoms with Crippen LogP contribution >= 0.6 is 11.6 Å². The molecular weight excluding hydrogens is 208 g/mol. The highest BCUT2D eigenvalue weighted by atomic mass is 35.5. The van der Waals surface area contributed by atoms with E-state index < -0.39 is 0 Å². The van der Waals surface area contributed by atoms with Crippen LogP contribution in [0.5, 0.6) is 0 Å². The Morgan fingerprint density at radius 2 is 1.60 bits per heavy atom. The van der Waals surface area contributed by atoms with Gasteiger partial charge < -0.3 is 0 Å². The molecule has 82 valence electrons. The van der Waals surface area contributed by atoms with E-state index in [1.807, 2.05) is 0 Å². The summed E-state index contributed by atoms with van der Waals surface area (Å²) in [5.41, 5.74) is 1.55. The van der Waals surface area contributed by atoms with Crippen molar-refractivity contribution in [1.29, 1.82) is 0 Å². The summed E-state index contributed by atoms with van der Waals surface area (Å²) in [4.78, 5) is 8.57. The molecule has 15 heavy (non-hydrogen) atoms. The van der Waals surface area contributed by atoms with Gasteiger partial charge >= 0.3 is 0 Å². The summed E-state index contributed by atoms with van der Waals surface area (Å²) < 4.78 is 0. The van der Waals surface area contributed by atoms with Crippen LogP contribution in [0, 0.1) is 0 Å². The zero-order valence-corrected chi connectivity index (χ0v) is 9.62. The van der Waals surface area contributed by atoms with E-state index in [-0.39, 0.29) is 5.75 Å². The Morgan fingerprint density at radius 3 is 2.13 bits per heavy atom. The highest BCUT2D eigenvalue weighted by molar-refractivity contribution is 6.54. The van der Waals surface area contributed by atoms with Gasteiger partial charge in [0.05, 0.1) is 0 Å². The maximum atomic E-state index is 8.57. The van der Waals surface area contributed by atoms with E-state index in [1.165, 1.54) is 32.1 Å². The van der Waals surface area contributed by atoms with Gasteiger partial charge in [-0.05, 0) is 35.9 Å². The van der Waals surface area contributed by atoms with Crippen LogP contribution in [0.2, 0.25) is 0 Å². The summed E-state index contributed by atoms with van der Waals surface area (Å²) in [7, 11) is 0. The minimum Gasteiger partial charge on any atom is -0.285 e. The molecule has 0 aliphatic heterocycles. The summed E-state index contributed by atoms with van der Waals surface area (Å²) in [5.74, 6) is 1.08. The average molecular weight is 225 g/mol. The second-order valence-electron chi connectivity index (χ2n) is 3.83. The van der Waals surface area contributed by atoms with Crippen molar-refractivity contribution < 1.29 is 4.79 Å². The van der Waals surface area contributed by atoms with E-state index in [4.69, 9.17) is 4.79 Å². The standard InChI is InChI=1S/C12H16.CHClO/c1-3-7-11(8-4-1)12-9-5-2-6-10-12;2-1-3/h1,3-4,7-8,12H,2,5-6,9-10H2;1H. The molecule has 0 aromatic heterocycles. The first kappa shape index (κ1) is 12.3. The van der Waals surface area contributed by atoms with Gasteiger partial charge in [0.25, 0.3) is 0 Å². The van der Waals surface area contributed by atoms with Crippen molar-refractivity contribution in [2.24, 2.45) is 0 Å². The van der Waals surface area contributed by atoms with Crippen LogP contribution in [0.1, 0.15) is 43.6 Å². The van der Waals surface area contributed by atoms with Crippen LogP contribution in [0.3, 0.4) is 0 Å². The molecule has 0 saturated heterocycles. The van der Waals surface area contributed by atoms with Crippen molar-refractivity contribution in [3.05, 3.63) is 35.9 Å². The molecule has 0 spiro atoms. The maximum Gasteiger partial charge on any atom is 0.208 e. The van der Waals surface area contributed by atoms with Crippen molar-refractivity contribution in [3.63, 3.8) is 0 Å². The number of halogens is 1. The van der Waals surface area contributed by atoms with Crippen molar-refractivity contribution in [2.75, 3.05) is 0 Å². The number of carbonyl (C=O) groups excluding carboxylic acids is 1. The molecule has 2 rings (SSSR count). The zero-order valence-electron chi connectivity index (χ0n) is 8.86. The molecule has 0 radical (unpaired) electrons. The second-order valence-corrected chi connectivity index (χ2v) is 4.01. The topological polar surface area (TPSA) is 17.1 Å².